The molecule has 2 aromatic carbocycles. The van der Waals surface area contributed by atoms with Crippen molar-refractivity contribution in [3.8, 4) is 11.9 Å². The number of benzene rings is 2. The molecule has 0 amide bonds. The van der Waals surface area contributed by atoms with E-state index in [9.17, 15) is 15.2 Å². The Morgan fingerprint density at radius 3 is 2.68 bits per heavy atom. The fourth-order valence-electron chi connectivity index (χ4n) is 6.14. The summed E-state index contributed by atoms with van der Waals surface area (Å²) in [4.78, 5) is 28.2. The van der Waals surface area contributed by atoms with Gasteiger partial charge in [-0.1, -0.05) is 12.1 Å². The number of ether oxygens (including phenoxy) is 2. The van der Waals surface area contributed by atoms with E-state index in [1.807, 2.05) is 24.3 Å². The predicted octanol–water partition coefficient (Wildman–Crippen LogP) is 5.30. The molecule has 0 radical (unpaired) electrons. The minimum Gasteiger partial charge on any atom is -0.478 e. The number of hydrogen-bond donors (Lipinski definition) is 1. The Morgan fingerprint density at radius 2 is 1.91 bits per heavy atom. The van der Waals surface area contributed by atoms with Crippen LogP contribution in [0.1, 0.15) is 58.2 Å². The first-order valence-electron chi connectivity index (χ1n) is 15.0. The molecular formula is C34H32N6O4. The van der Waals surface area contributed by atoms with Crippen molar-refractivity contribution in [3.63, 3.8) is 0 Å². The SMILES string of the molecule is N#Cc1ccc2c(COc3cccc(C4CCN(Cc5nc6ccc(C(=O)O)cc6n5CC5CCO5)CC4)n3)ccnc2c1. The van der Waals surface area contributed by atoms with Gasteiger partial charge in [0.2, 0.25) is 5.88 Å². The van der Waals surface area contributed by atoms with Crippen molar-refractivity contribution in [2.24, 2.45) is 0 Å². The molecular weight excluding hydrogens is 556 g/mol. The molecule has 5 heterocycles. The zero-order valence-electron chi connectivity index (χ0n) is 24.2. The second-order valence-corrected chi connectivity index (χ2v) is 11.5. The second kappa shape index (κ2) is 12.0. The number of imidazole rings is 1. The number of aromatic carboxylic acids is 1. The molecule has 2 saturated heterocycles. The Kier molecular flexibility index (Phi) is 7.64. The van der Waals surface area contributed by atoms with Crippen molar-refractivity contribution in [1.82, 2.24) is 24.4 Å². The molecule has 2 aliphatic rings. The highest BCUT2D eigenvalue weighted by Crippen LogP contribution is 2.30. The normalized spacial score (nSPS) is 17.4. The van der Waals surface area contributed by atoms with Gasteiger partial charge in [0.05, 0.1) is 52.9 Å². The first kappa shape index (κ1) is 28.0. The lowest BCUT2D eigenvalue weighted by molar-refractivity contribution is -0.0592. The molecule has 44 heavy (non-hydrogen) atoms. The van der Waals surface area contributed by atoms with Crippen LogP contribution < -0.4 is 4.74 Å². The molecule has 2 aliphatic heterocycles. The molecule has 2 fully saturated rings. The van der Waals surface area contributed by atoms with Crippen LogP contribution in [0.25, 0.3) is 21.9 Å². The van der Waals surface area contributed by atoms with Crippen molar-refractivity contribution >= 4 is 27.9 Å². The third-order valence-electron chi connectivity index (χ3n) is 8.71. The number of rotatable bonds is 9. The summed E-state index contributed by atoms with van der Waals surface area (Å²) in [6.45, 7) is 4.33. The first-order chi connectivity index (χ1) is 21.5. The number of likely N-dealkylation sites (tertiary alicyclic amines) is 1. The monoisotopic (exact) mass is 588 g/mol. The van der Waals surface area contributed by atoms with Crippen LogP contribution in [-0.4, -0.2) is 61.3 Å². The van der Waals surface area contributed by atoms with E-state index >= 15 is 0 Å². The molecule has 222 valence electrons. The molecule has 3 aromatic heterocycles. The molecule has 1 unspecified atom stereocenters. The standard InChI is InChI=1S/C34H32N6O4/c35-18-22-4-6-27-25(8-12-36-30(27)16-22)21-44-33-3-1-2-28(38-33)23-9-13-39(14-10-23)20-32-37-29-7-5-24(34(41)42)17-31(29)40(32)19-26-11-15-43-26/h1-8,12,16-17,23,26H,9-11,13-15,19-21H2,(H,41,42). The van der Waals surface area contributed by atoms with Gasteiger partial charge in [-0.25, -0.2) is 14.8 Å². The topological polar surface area (TPSA) is 126 Å². The maximum Gasteiger partial charge on any atom is 0.335 e. The Morgan fingerprint density at radius 1 is 1.05 bits per heavy atom. The van der Waals surface area contributed by atoms with Crippen LogP contribution in [0.5, 0.6) is 5.88 Å². The number of carboxylic acid groups (broad SMARTS) is 1. The summed E-state index contributed by atoms with van der Waals surface area (Å²) in [5.74, 6) is 0.933. The predicted molar refractivity (Wildman–Crippen MR) is 163 cm³/mol. The number of carbonyl (C=O) groups is 1. The third kappa shape index (κ3) is 5.72. The van der Waals surface area contributed by atoms with E-state index in [2.05, 4.69) is 26.6 Å². The van der Waals surface area contributed by atoms with Gasteiger partial charge in [0, 0.05) is 41.4 Å². The molecule has 5 aromatic rings. The van der Waals surface area contributed by atoms with Crippen molar-refractivity contribution in [2.45, 2.75) is 51.0 Å². The van der Waals surface area contributed by atoms with Gasteiger partial charge < -0.3 is 19.1 Å². The molecule has 7 rings (SSSR count). The van der Waals surface area contributed by atoms with Crippen LogP contribution in [0.2, 0.25) is 0 Å². The van der Waals surface area contributed by atoms with Crippen LogP contribution in [0, 0.1) is 11.3 Å². The van der Waals surface area contributed by atoms with E-state index in [-0.39, 0.29) is 11.7 Å². The number of nitrogens with zero attached hydrogens (tertiary/aromatic N) is 6. The van der Waals surface area contributed by atoms with Gasteiger partial charge >= 0.3 is 5.97 Å². The smallest absolute Gasteiger partial charge is 0.335 e. The summed E-state index contributed by atoms with van der Waals surface area (Å²) in [6, 6.07) is 20.7. The average molecular weight is 589 g/mol. The van der Waals surface area contributed by atoms with Gasteiger partial charge in [0.25, 0.3) is 0 Å². The fraction of sp³-hybridized carbons (Fsp3) is 0.324. The maximum absolute atomic E-state index is 11.6. The maximum atomic E-state index is 11.6. The minimum atomic E-state index is -0.938. The number of hydrogen-bond acceptors (Lipinski definition) is 8. The van der Waals surface area contributed by atoms with E-state index in [1.165, 1.54) is 0 Å². The Labute approximate surface area is 254 Å². The van der Waals surface area contributed by atoms with Gasteiger partial charge in [-0.3, -0.25) is 9.88 Å². The highest BCUT2D eigenvalue weighted by Gasteiger charge is 2.26. The van der Waals surface area contributed by atoms with Crippen molar-refractivity contribution in [1.29, 1.82) is 5.26 Å². The summed E-state index contributed by atoms with van der Waals surface area (Å²) in [6.07, 6.45) is 4.83. The molecule has 10 nitrogen and oxygen atoms in total. The lowest BCUT2D eigenvalue weighted by atomic mass is 9.93. The lowest BCUT2D eigenvalue weighted by Gasteiger charge is -2.32. The highest BCUT2D eigenvalue weighted by atomic mass is 16.5. The quantitative estimate of drug-likeness (QED) is 0.244. The first-order valence-corrected chi connectivity index (χ1v) is 15.0. The lowest BCUT2D eigenvalue weighted by Crippen LogP contribution is -2.35. The van der Waals surface area contributed by atoms with E-state index in [4.69, 9.17) is 19.4 Å². The van der Waals surface area contributed by atoms with E-state index in [0.29, 0.717) is 37.1 Å². The van der Waals surface area contributed by atoms with Crippen molar-refractivity contribution in [2.75, 3.05) is 19.7 Å². The van der Waals surface area contributed by atoms with Gasteiger partial charge in [0.1, 0.15) is 12.4 Å². The summed E-state index contributed by atoms with van der Waals surface area (Å²) >= 11 is 0. The molecule has 0 bridgehead atoms. The van der Waals surface area contributed by atoms with E-state index in [0.717, 1.165) is 78.0 Å². The zero-order chi connectivity index (χ0) is 30.0. The Hall–Kier alpha value is -4.85. The highest BCUT2D eigenvalue weighted by molar-refractivity contribution is 5.92. The number of aromatic nitrogens is 4. The Bertz CT molecular complexity index is 1880. The van der Waals surface area contributed by atoms with Crippen molar-refractivity contribution in [3.05, 3.63) is 95.1 Å². The Balaban J connectivity index is 1.01. The zero-order valence-corrected chi connectivity index (χ0v) is 24.2. The van der Waals surface area contributed by atoms with Gasteiger partial charge in [-0.05, 0) is 74.8 Å². The molecule has 0 saturated carbocycles. The van der Waals surface area contributed by atoms with Crippen LogP contribution >= 0.6 is 0 Å². The van der Waals surface area contributed by atoms with Crippen molar-refractivity contribution < 1.29 is 19.4 Å². The number of nitriles is 1. The molecule has 1 atom stereocenters. The minimum absolute atomic E-state index is 0.139. The number of carboxylic acids is 1. The van der Waals surface area contributed by atoms with E-state index in [1.54, 1.807) is 36.5 Å². The van der Waals surface area contributed by atoms with Gasteiger partial charge in [-0.2, -0.15) is 5.26 Å². The molecule has 10 heteroatoms. The summed E-state index contributed by atoms with van der Waals surface area (Å²) < 4.78 is 14.0. The van der Waals surface area contributed by atoms with Gasteiger partial charge in [0.15, 0.2) is 0 Å². The number of pyridine rings is 2. The third-order valence-corrected chi connectivity index (χ3v) is 8.71. The average Bonchev–Trinajstić information content (AvgIpc) is 3.37. The summed E-state index contributed by atoms with van der Waals surface area (Å²) in [7, 11) is 0. The van der Waals surface area contributed by atoms with Crippen LogP contribution in [-0.2, 0) is 24.4 Å². The second-order valence-electron chi connectivity index (χ2n) is 11.5. The molecule has 1 N–H and O–H groups in total. The number of piperidine rings is 1. The largest absolute Gasteiger partial charge is 0.478 e. The molecule has 0 spiro atoms. The fourth-order valence-corrected chi connectivity index (χ4v) is 6.14. The van der Waals surface area contributed by atoms with Crippen LogP contribution in [0.4, 0.5) is 0 Å². The number of fused-ring (bicyclic) bond motifs is 2. The van der Waals surface area contributed by atoms with Gasteiger partial charge in [-0.15, -0.1) is 0 Å². The summed E-state index contributed by atoms with van der Waals surface area (Å²) in [5.41, 5.74) is 5.31. The molecule has 0 aliphatic carbocycles. The van der Waals surface area contributed by atoms with Crippen LogP contribution in [0.3, 0.4) is 0 Å². The van der Waals surface area contributed by atoms with E-state index < -0.39 is 5.97 Å². The van der Waals surface area contributed by atoms with Crippen LogP contribution in [0.15, 0.2) is 66.9 Å². The summed E-state index contributed by atoms with van der Waals surface area (Å²) in [5, 5.41) is 19.7.